The minimum absolute atomic E-state index is 0.181. The van der Waals surface area contributed by atoms with E-state index in [4.69, 9.17) is 0 Å². The summed E-state index contributed by atoms with van der Waals surface area (Å²) in [5.74, 6) is 1.88. The maximum absolute atomic E-state index is 13.2. The van der Waals surface area contributed by atoms with Crippen molar-refractivity contribution in [2.75, 3.05) is 31.1 Å². The van der Waals surface area contributed by atoms with Crippen LogP contribution in [0.1, 0.15) is 68.7 Å². The highest BCUT2D eigenvalue weighted by Crippen LogP contribution is 2.32. The van der Waals surface area contributed by atoms with Crippen molar-refractivity contribution in [1.29, 1.82) is 0 Å². The number of aryl methyl sites for hydroxylation is 2. The number of carbonyl (C=O) groups is 1. The van der Waals surface area contributed by atoms with Crippen LogP contribution >= 0.6 is 0 Å². The third kappa shape index (κ3) is 7.42. The van der Waals surface area contributed by atoms with Crippen LogP contribution < -0.4 is 4.90 Å². The molecule has 0 aliphatic carbocycles. The van der Waals surface area contributed by atoms with Gasteiger partial charge in [0.1, 0.15) is 11.6 Å². The fourth-order valence-corrected chi connectivity index (χ4v) is 4.96. The molecule has 0 bridgehead atoms. The van der Waals surface area contributed by atoms with Crippen LogP contribution in [0.25, 0.3) is 0 Å². The molecule has 3 rings (SSSR count). The fourth-order valence-electron chi connectivity index (χ4n) is 4.96. The van der Waals surface area contributed by atoms with Crippen LogP contribution in [0.5, 0.6) is 0 Å². The molecule has 0 unspecified atom stereocenters. The summed E-state index contributed by atoms with van der Waals surface area (Å²) in [6, 6.07) is 5.42. The number of benzene rings is 1. The van der Waals surface area contributed by atoms with E-state index >= 15 is 0 Å². The molecule has 1 amide bonds. The van der Waals surface area contributed by atoms with Crippen molar-refractivity contribution in [1.82, 2.24) is 14.9 Å². The minimum atomic E-state index is -4.38. The number of rotatable bonds is 6. The van der Waals surface area contributed by atoms with Crippen LogP contribution in [0.2, 0.25) is 0 Å². The zero-order chi connectivity index (χ0) is 26.0. The number of halogens is 3. The van der Waals surface area contributed by atoms with Gasteiger partial charge in [-0.05, 0) is 43.2 Å². The van der Waals surface area contributed by atoms with E-state index in [1.54, 1.807) is 6.07 Å². The first kappa shape index (κ1) is 27.0. The molecule has 1 atom stereocenters. The lowest BCUT2D eigenvalue weighted by Gasteiger charge is -2.37. The van der Waals surface area contributed by atoms with Crippen molar-refractivity contribution < 1.29 is 18.0 Å². The highest BCUT2D eigenvalue weighted by molar-refractivity contribution is 5.76. The first-order valence-corrected chi connectivity index (χ1v) is 12.3. The second kappa shape index (κ2) is 10.5. The molecule has 2 aromatic rings. The number of hydrogen-bond acceptors (Lipinski definition) is 4. The van der Waals surface area contributed by atoms with Crippen molar-refractivity contribution in [2.45, 2.75) is 67.0 Å². The van der Waals surface area contributed by atoms with Gasteiger partial charge in [-0.15, -0.1) is 0 Å². The summed E-state index contributed by atoms with van der Waals surface area (Å²) >= 11 is 0. The van der Waals surface area contributed by atoms with Crippen LogP contribution in [0.4, 0.5) is 19.0 Å². The lowest BCUT2D eigenvalue weighted by Crippen LogP contribution is -2.49. The Bertz CT molecular complexity index is 1040. The molecule has 0 N–H and O–H groups in total. The van der Waals surface area contributed by atoms with Gasteiger partial charge in [0.05, 0.1) is 5.56 Å². The predicted octanol–water partition coefficient (Wildman–Crippen LogP) is 5.81. The summed E-state index contributed by atoms with van der Waals surface area (Å²) in [4.78, 5) is 26.1. The number of aromatic nitrogens is 2. The van der Waals surface area contributed by atoms with Gasteiger partial charge >= 0.3 is 6.18 Å². The number of amides is 1. The molecule has 0 saturated carbocycles. The average Bonchev–Trinajstić information content (AvgIpc) is 2.74. The van der Waals surface area contributed by atoms with Crippen molar-refractivity contribution >= 4 is 11.7 Å². The Kier molecular flexibility index (Phi) is 8.12. The van der Waals surface area contributed by atoms with Gasteiger partial charge in [0, 0.05) is 50.3 Å². The number of nitrogens with zero attached hydrogens (tertiary/aromatic N) is 4. The molecule has 1 saturated heterocycles. The molecule has 192 valence electrons. The lowest BCUT2D eigenvalue weighted by molar-refractivity contribution is -0.137. The smallest absolute Gasteiger partial charge is 0.353 e. The van der Waals surface area contributed by atoms with Crippen LogP contribution in [0, 0.1) is 25.2 Å². The maximum Gasteiger partial charge on any atom is 0.416 e. The monoisotopic (exact) mass is 490 g/mol. The third-order valence-electron chi connectivity index (χ3n) is 6.35. The number of piperazine rings is 1. The van der Waals surface area contributed by atoms with Crippen molar-refractivity contribution in [3.05, 3.63) is 52.5 Å². The second-order valence-corrected chi connectivity index (χ2v) is 11.0. The molecular formula is C27H37F3N4O. The molecule has 5 nitrogen and oxygen atoms in total. The lowest BCUT2D eigenvalue weighted by atomic mass is 9.84. The molecule has 1 aromatic heterocycles. The molecule has 1 aliphatic heterocycles. The molecule has 0 radical (unpaired) electrons. The number of hydrogen-bond donors (Lipinski definition) is 0. The van der Waals surface area contributed by atoms with E-state index in [1.807, 2.05) is 18.7 Å². The van der Waals surface area contributed by atoms with E-state index in [0.29, 0.717) is 56.3 Å². The van der Waals surface area contributed by atoms with E-state index < -0.39 is 11.7 Å². The van der Waals surface area contributed by atoms with Gasteiger partial charge < -0.3 is 9.80 Å². The predicted molar refractivity (Wildman–Crippen MR) is 132 cm³/mol. The Hall–Kier alpha value is -2.64. The van der Waals surface area contributed by atoms with Gasteiger partial charge in [-0.3, -0.25) is 4.79 Å². The first-order chi connectivity index (χ1) is 16.2. The quantitative estimate of drug-likeness (QED) is 0.513. The van der Waals surface area contributed by atoms with Gasteiger partial charge in [-0.2, -0.15) is 13.2 Å². The summed E-state index contributed by atoms with van der Waals surface area (Å²) in [5, 5.41) is 0. The normalized spacial score (nSPS) is 15.9. The van der Waals surface area contributed by atoms with Gasteiger partial charge in [-0.1, -0.05) is 45.9 Å². The molecule has 1 aliphatic rings. The first-order valence-electron chi connectivity index (χ1n) is 12.3. The molecule has 8 heteroatoms. The molecule has 1 aromatic carbocycles. The summed E-state index contributed by atoms with van der Waals surface area (Å²) in [6.07, 6.45) is -2.53. The third-order valence-corrected chi connectivity index (χ3v) is 6.35. The average molecular weight is 491 g/mol. The van der Waals surface area contributed by atoms with Crippen molar-refractivity contribution in [2.24, 2.45) is 11.3 Å². The van der Waals surface area contributed by atoms with Crippen molar-refractivity contribution in [3.63, 3.8) is 0 Å². The van der Waals surface area contributed by atoms with Crippen molar-refractivity contribution in [3.8, 4) is 0 Å². The molecular weight excluding hydrogens is 453 g/mol. The highest BCUT2D eigenvalue weighted by Gasteiger charge is 2.31. The van der Waals surface area contributed by atoms with E-state index in [0.717, 1.165) is 29.6 Å². The van der Waals surface area contributed by atoms with Crippen LogP contribution in [0.15, 0.2) is 24.3 Å². The Morgan fingerprint density at radius 3 is 2.31 bits per heavy atom. The van der Waals surface area contributed by atoms with Gasteiger partial charge in [0.15, 0.2) is 0 Å². The van der Waals surface area contributed by atoms with Crippen LogP contribution in [0.3, 0.4) is 0 Å². The van der Waals surface area contributed by atoms with Gasteiger partial charge in [0.25, 0.3) is 0 Å². The minimum Gasteiger partial charge on any atom is -0.353 e. The van der Waals surface area contributed by atoms with E-state index in [1.165, 1.54) is 12.1 Å². The maximum atomic E-state index is 13.2. The van der Waals surface area contributed by atoms with E-state index in [2.05, 4.69) is 42.6 Å². The topological polar surface area (TPSA) is 49.3 Å². The molecule has 1 fully saturated rings. The number of anilines is 1. The van der Waals surface area contributed by atoms with Crippen LogP contribution in [-0.2, 0) is 17.4 Å². The van der Waals surface area contributed by atoms with E-state index in [-0.39, 0.29) is 11.3 Å². The highest BCUT2D eigenvalue weighted by atomic mass is 19.4. The summed E-state index contributed by atoms with van der Waals surface area (Å²) < 4.78 is 39.6. The summed E-state index contributed by atoms with van der Waals surface area (Å²) in [6.45, 7) is 14.9. The van der Waals surface area contributed by atoms with Gasteiger partial charge in [-0.25, -0.2) is 9.97 Å². The summed E-state index contributed by atoms with van der Waals surface area (Å²) in [7, 11) is 0. The Morgan fingerprint density at radius 2 is 1.71 bits per heavy atom. The summed E-state index contributed by atoms with van der Waals surface area (Å²) in [5.41, 5.74) is 1.69. The zero-order valence-electron chi connectivity index (χ0n) is 21.7. The SMILES string of the molecule is Cc1nc(C)c(Cc2cccc(C(F)(F)F)c2)c(N2CCN(C(=O)C[C@H](C)CC(C)(C)C)CC2)n1. The van der Waals surface area contributed by atoms with E-state index in [9.17, 15) is 18.0 Å². The fraction of sp³-hybridized carbons (Fsp3) is 0.593. The zero-order valence-corrected chi connectivity index (χ0v) is 21.7. The largest absolute Gasteiger partial charge is 0.416 e. The number of carbonyl (C=O) groups excluding carboxylic acids is 1. The Balaban J connectivity index is 1.73. The molecule has 2 heterocycles. The molecule has 0 spiro atoms. The second-order valence-electron chi connectivity index (χ2n) is 11.0. The van der Waals surface area contributed by atoms with Gasteiger partial charge in [0.2, 0.25) is 5.91 Å². The Morgan fingerprint density at radius 1 is 1.06 bits per heavy atom. The Labute approximate surface area is 206 Å². The molecule has 35 heavy (non-hydrogen) atoms. The standard InChI is InChI=1S/C27H37F3N4O/c1-18(17-26(4,5)6)14-24(35)33-10-12-34(13-11-33)25-23(19(2)31-20(3)32-25)16-21-8-7-9-22(15-21)27(28,29)30/h7-9,15,18H,10-14,16-17H2,1-6H3/t18-/m0/s1. The number of alkyl halides is 3. The van der Waals surface area contributed by atoms with Crippen LogP contribution in [-0.4, -0.2) is 47.0 Å².